The number of rotatable bonds is 7. The molecule has 5 nitrogen and oxygen atoms in total. The van der Waals surface area contributed by atoms with Gasteiger partial charge in [-0.15, -0.1) is 0 Å². The number of nitrogens with zero attached hydrogens (tertiary/aromatic N) is 3. The van der Waals surface area contributed by atoms with Crippen molar-refractivity contribution in [3.63, 3.8) is 0 Å². The van der Waals surface area contributed by atoms with Crippen LogP contribution in [0.25, 0.3) is 5.69 Å². The minimum absolute atomic E-state index is 0.0272. The third kappa shape index (κ3) is 4.15. The first-order valence-electron chi connectivity index (χ1n) is 10.9. The van der Waals surface area contributed by atoms with E-state index in [1.165, 1.54) is 11.3 Å². The third-order valence-corrected chi connectivity index (χ3v) is 6.98. The van der Waals surface area contributed by atoms with Crippen LogP contribution in [0.15, 0.2) is 48.7 Å². The van der Waals surface area contributed by atoms with Crippen LogP contribution in [0.1, 0.15) is 46.7 Å². The maximum atomic E-state index is 6.45. The molecule has 1 aliphatic rings. The number of aromatic nitrogens is 2. The van der Waals surface area contributed by atoms with Crippen molar-refractivity contribution < 1.29 is 4.74 Å². The summed E-state index contributed by atoms with van der Waals surface area (Å²) in [5.41, 5.74) is 6.74. The van der Waals surface area contributed by atoms with Crippen molar-refractivity contribution in [2.45, 2.75) is 39.3 Å². The second kappa shape index (κ2) is 9.61. The molecule has 7 heteroatoms. The van der Waals surface area contributed by atoms with E-state index in [2.05, 4.69) is 58.7 Å². The van der Waals surface area contributed by atoms with Gasteiger partial charge in [-0.25, -0.2) is 0 Å². The molecular weight excluding hydrogens is 440 g/mol. The number of benzene rings is 1. The number of methoxy groups -OCH3 is 1. The zero-order valence-electron chi connectivity index (χ0n) is 18.9. The van der Waals surface area contributed by atoms with Gasteiger partial charge in [-0.05, 0) is 80.9 Å². The van der Waals surface area contributed by atoms with Crippen molar-refractivity contribution >= 4 is 28.9 Å². The number of thiocarbonyl (C=S) groups is 1. The fraction of sp³-hybridized carbons (Fsp3) is 0.360. The summed E-state index contributed by atoms with van der Waals surface area (Å²) in [5.74, 6) is 0. The van der Waals surface area contributed by atoms with E-state index in [9.17, 15) is 0 Å². The molecule has 1 N–H and O–H groups in total. The van der Waals surface area contributed by atoms with Crippen LogP contribution in [0.2, 0.25) is 5.02 Å². The van der Waals surface area contributed by atoms with Gasteiger partial charge in [-0.2, -0.15) is 0 Å². The average molecular weight is 469 g/mol. The summed E-state index contributed by atoms with van der Waals surface area (Å²) in [6.07, 6.45) is 2.74. The molecule has 1 fully saturated rings. The number of hydrogen-bond donors (Lipinski definition) is 1. The molecule has 1 aromatic carbocycles. The predicted octanol–water partition coefficient (Wildman–Crippen LogP) is 5.46. The first kappa shape index (κ1) is 22.8. The lowest BCUT2D eigenvalue weighted by Gasteiger charge is -2.28. The lowest BCUT2D eigenvalue weighted by Crippen LogP contribution is -2.31. The third-order valence-electron chi connectivity index (χ3n) is 6.21. The van der Waals surface area contributed by atoms with Gasteiger partial charge in [-0.1, -0.05) is 23.7 Å². The SMILES string of the molecule is COCCCN1C(=S)N[C@H](c2ccccn2)[C@H]1c1cc(C)n(-c2cccc(Cl)c2C)c1C. The topological polar surface area (TPSA) is 42.3 Å². The van der Waals surface area contributed by atoms with Crippen LogP contribution < -0.4 is 5.32 Å². The Morgan fingerprint density at radius 3 is 2.69 bits per heavy atom. The molecule has 1 aliphatic heterocycles. The number of hydrogen-bond acceptors (Lipinski definition) is 3. The minimum Gasteiger partial charge on any atom is -0.385 e. The smallest absolute Gasteiger partial charge is 0.170 e. The lowest BCUT2D eigenvalue weighted by molar-refractivity contribution is 0.180. The van der Waals surface area contributed by atoms with Crippen LogP contribution in [0.4, 0.5) is 0 Å². The van der Waals surface area contributed by atoms with Crippen molar-refractivity contribution in [1.29, 1.82) is 0 Å². The fourth-order valence-corrected chi connectivity index (χ4v) is 5.16. The molecule has 0 saturated carbocycles. The molecular formula is C25H29ClN4OS. The highest BCUT2D eigenvalue weighted by Gasteiger charge is 2.41. The summed E-state index contributed by atoms with van der Waals surface area (Å²) >= 11 is 12.2. The highest BCUT2D eigenvalue weighted by Crippen LogP contribution is 2.41. The number of pyridine rings is 1. The van der Waals surface area contributed by atoms with Crippen LogP contribution >= 0.6 is 23.8 Å². The van der Waals surface area contributed by atoms with Crippen LogP contribution in [0, 0.1) is 20.8 Å². The van der Waals surface area contributed by atoms with E-state index in [1.54, 1.807) is 7.11 Å². The van der Waals surface area contributed by atoms with Crippen LogP contribution in [-0.4, -0.2) is 39.8 Å². The van der Waals surface area contributed by atoms with Crippen LogP contribution in [0.3, 0.4) is 0 Å². The number of halogens is 1. The van der Waals surface area contributed by atoms with Gasteiger partial charge in [0.1, 0.15) is 0 Å². The van der Waals surface area contributed by atoms with Crippen molar-refractivity contribution in [3.8, 4) is 5.69 Å². The summed E-state index contributed by atoms with van der Waals surface area (Å²) in [5, 5.41) is 5.06. The molecule has 3 heterocycles. The van der Waals surface area contributed by atoms with Crippen molar-refractivity contribution in [2.24, 2.45) is 0 Å². The van der Waals surface area contributed by atoms with E-state index in [1.807, 2.05) is 30.5 Å². The normalized spacial score (nSPS) is 18.3. The monoisotopic (exact) mass is 468 g/mol. The second-order valence-electron chi connectivity index (χ2n) is 8.21. The predicted molar refractivity (Wildman–Crippen MR) is 134 cm³/mol. The van der Waals surface area contributed by atoms with E-state index in [-0.39, 0.29) is 12.1 Å². The van der Waals surface area contributed by atoms with E-state index in [0.29, 0.717) is 6.61 Å². The fourth-order valence-electron chi connectivity index (χ4n) is 4.66. The Labute approximate surface area is 200 Å². The Kier molecular flexibility index (Phi) is 6.84. The van der Waals surface area contributed by atoms with E-state index >= 15 is 0 Å². The molecule has 4 rings (SSSR count). The Balaban J connectivity index is 1.82. The number of aryl methyl sites for hydroxylation is 1. The molecule has 0 spiro atoms. The standard InChI is InChI=1S/C25H29ClN4OS/c1-16-15-19(18(3)30(16)22-11-7-9-20(26)17(22)2)24-23(21-10-5-6-12-27-21)28-25(32)29(24)13-8-14-31-4/h5-7,9-12,15,23-24H,8,13-14H2,1-4H3,(H,28,32)/t23-,24-/m1/s1. The quantitative estimate of drug-likeness (QED) is 0.368. The molecule has 168 valence electrons. The Hall–Kier alpha value is -2.41. The molecule has 0 amide bonds. The molecule has 0 bridgehead atoms. The molecule has 0 unspecified atom stereocenters. The number of ether oxygens (including phenoxy) is 1. The highest BCUT2D eigenvalue weighted by molar-refractivity contribution is 7.80. The van der Waals surface area contributed by atoms with Crippen molar-refractivity contribution in [3.05, 3.63) is 81.9 Å². The molecule has 32 heavy (non-hydrogen) atoms. The van der Waals surface area contributed by atoms with Crippen molar-refractivity contribution in [1.82, 2.24) is 19.8 Å². The Bertz CT molecular complexity index is 1110. The Morgan fingerprint density at radius 1 is 1.16 bits per heavy atom. The highest BCUT2D eigenvalue weighted by atomic mass is 35.5. The molecule has 1 saturated heterocycles. The van der Waals surface area contributed by atoms with Crippen LogP contribution in [0.5, 0.6) is 0 Å². The zero-order chi connectivity index (χ0) is 22.8. The van der Waals surface area contributed by atoms with Gasteiger partial charge in [-0.3, -0.25) is 4.98 Å². The largest absolute Gasteiger partial charge is 0.385 e. The molecule has 2 atom stereocenters. The lowest BCUT2D eigenvalue weighted by atomic mass is 9.96. The van der Waals surface area contributed by atoms with Gasteiger partial charge in [0.15, 0.2) is 5.11 Å². The van der Waals surface area contributed by atoms with Gasteiger partial charge in [0.25, 0.3) is 0 Å². The first-order valence-corrected chi connectivity index (χ1v) is 11.6. The number of nitrogens with one attached hydrogen (secondary N) is 1. The average Bonchev–Trinajstić information content (AvgIpc) is 3.26. The molecule has 0 radical (unpaired) electrons. The summed E-state index contributed by atoms with van der Waals surface area (Å²) < 4.78 is 7.59. The first-order chi connectivity index (χ1) is 15.4. The maximum absolute atomic E-state index is 6.45. The zero-order valence-corrected chi connectivity index (χ0v) is 20.5. The van der Waals surface area contributed by atoms with Gasteiger partial charge in [0.05, 0.1) is 17.8 Å². The van der Waals surface area contributed by atoms with Crippen LogP contribution in [-0.2, 0) is 4.74 Å². The summed E-state index contributed by atoms with van der Waals surface area (Å²) in [6, 6.07) is 14.4. The summed E-state index contributed by atoms with van der Waals surface area (Å²) in [7, 11) is 1.73. The molecule has 0 aliphatic carbocycles. The minimum atomic E-state index is -0.0272. The van der Waals surface area contributed by atoms with Gasteiger partial charge in [0.2, 0.25) is 0 Å². The van der Waals surface area contributed by atoms with Gasteiger partial charge < -0.3 is 19.5 Å². The van der Waals surface area contributed by atoms with Crippen molar-refractivity contribution in [2.75, 3.05) is 20.3 Å². The second-order valence-corrected chi connectivity index (χ2v) is 9.01. The summed E-state index contributed by atoms with van der Waals surface area (Å²) in [4.78, 5) is 6.93. The van der Waals surface area contributed by atoms with Gasteiger partial charge >= 0.3 is 0 Å². The molecule has 3 aromatic rings. The molecule has 2 aromatic heterocycles. The maximum Gasteiger partial charge on any atom is 0.170 e. The van der Waals surface area contributed by atoms with E-state index in [0.717, 1.165) is 45.7 Å². The van der Waals surface area contributed by atoms with Gasteiger partial charge in [0, 0.05) is 48.6 Å². The summed E-state index contributed by atoms with van der Waals surface area (Å²) in [6.45, 7) is 7.89. The Morgan fingerprint density at radius 2 is 1.97 bits per heavy atom. The van der Waals surface area contributed by atoms with E-state index in [4.69, 9.17) is 28.6 Å². The van der Waals surface area contributed by atoms with E-state index < -0.39 is 0 Å².